The highest BCUT2D eigenvalue weighted by Crippen LogP contribution is 2.28. The minimum Gasteiger partial charge on any atom is -0.453 e. The van der Waals surface area contributed by atoms with Crippen LogP contribution in [0.15, 0.2) is 57.9 Å². The molecule has 4 aromatic rings. The Morgan fingerprint density at radius 1 is 0.957 bits per heavy atom. The maximum absolute atomic E-state index is 6.10. The van der Waals surface area contributed by atoms with Crippen molar-refractivity contribution in [2.24, 2.45) is 4.99 Å². The maximum atomic E-state index is 6.10. The lowest BCUT2D eigenvalue weighted by molar-refractivity contribution is 0.657. The lowest BCUT2D eigenvalue weighted by atomic mass is 10.1. The molecule has 0 aliphatic heterocycles. The Hall–Kier alpha value is -2.88. The minimum atomic E-state index is 0.786. The van der Waals surface area contributed by atoms with E-state index in [0.717, 1.165) is 44.0 Å². The third-order valence-corrected chi connectivity index (χ3v) is 4.11. The highest BCUT2D eigenvalue weighted by Gasteiger charge is 2.08. The predicted molar refractivity (Wildman–Crippen MR) is 94.8 cm³/mol. The van der Waals surface area contributed by atoms with Crippen LogP contribution in [0, 0.1) is 0 Å². The van der Waals surface area contributed by atoms with Gasteiger partial charge < -0.3 is 9.32 Å². The Labute approximate surface area is 133 Å². The standard InChI is InChI=1S/C19H17N3O/c1-20-13-6-4-12-5-9-17-19(15(12)10-13)21-16-8-7-14(22(2)3)11-18(16)23-17/h4-11H,1-3H3. The zero-order valence-electron chi connectivity index (χ0n) is 13.4. The molecule has 4 heteroatoms. The van der Waals surface area contributed by atoms with Crippen molar-refractivity contribution in [3.63, 3.8) is 0 Å². The van der Waals surface area contributed by atoms with Gasteiger partial charge in [0.1, 0.15) is 11.0 Å². The Morgan fingerprint density at radius 2 is 1.78 bits per heavy atom. The summed E-state index contributed by atoms with van der Waals surface area (Å²) in [5, 5.41) is 3.14. The monoisotopic (exact) mass is 303 g/mol. The molecule has 0 radical (unpaired) electrons. The van der Waals surface area contributed by atoms with Gasteiger partial charge in [-0.25, -0.2) is 4.98 Å². The van der Waals surface area contributed by atoms with Crippen LogP contribution in [-0.2, 0) is 0 Å². The average Bonchev–Trinajstić information content (AvgIpc) is 2.58. The van der Waals surface area contributed by atoms with Gasteiger partial charge in [-0.15, -0.1) is 0 Å². The first kappa shape index (κ1) is 13.8. The van der Waals surface area contributed by atoms with Crippen molar-refractivity contribution in [2.45, 2.75) is 0 Å². The molecule has 0 fully saturated rings. The van der Waals surface area contributed by atoms with Crippen LogP contribution in [0.5, 0.6) is 0 Å². The van der Waals surface area contributed by atoms with Gasteiger partial charge >= 0.3 is 0 Å². The largest absolute Gasteiger partial charge is 0.453 e. The molecule has 4 nitrogen and oxygen atoms in total. The second kappa shape index (κ2) is 5.09. The van der Waals surface area contributed by atoms with Gasteiger partial charge in [0.25, 0.3) is 0 Å². The number of anilines is 1. The molecule has 0 saturated carbocycles. The van der Waals surface area contributed by atoms with Gasteiger partial charge in [0.2, 0.25) is 0 Å². The van der Waals surface area contributed by atoms with E-state index in [-0.39, 0.29) is 0 Å². The SMILES string of the molecule is CN=c1ccc2ccc3oc4cc(N(C)C)ccc4nc3c2c1. The zero-order chi connectivity index (χ0) is 16.0. The highest BCUT2D eigenvalue weighted by molar-refractivity contribution is 6.04. The Balaban J connectivity index is 2.10. The summed E-state index contributed by atoms with van der Waals surface area (Å²) in [4.78, 5) is 11.1. The zero-order valence-corrected chi connectivity index (χ0v) is 13.4. The van der Waals surface area contributed by atoms with Crippen LogP contribution in [-0.4, -0.2) is 26.1 Å². The predicted octanol–water partition coefficient (Wildman–Crippen LogP) is 3.73. The number of hydrogen-bond donors (Lipinski definition) is 0. The molecule has 23 heavy (non-hydrogen) atoms. The number of hydrogen-bond acceptors (Lipinski definition) is 4. The molecule has 1 heterocycles. The molecular weight excluding hydrogens is 286 g/mol. The molecule has 0 N–H and O–H groups in total. The van der Waals surface area contributed by atoms with Gasteiger partial charge in [-0.3, -0.25) is 4.99 Å². The van der Waals surface area contributed by atoms with Gasteiger partial charge in [-0.1, -0.05) is 12.1 Å². The fourth-order valence-corrected chi connectivity index (χ4v) is 2.80. The van der Waals surface area contributed by atoms with E-state index in [0.29, 0.717) is 0 Å². The third kappa shape index (κ3) is 2.23. The van der Waals surface area contributed by atoms with Crippen LogP contribution in [0.3, 0.4) is 0 Å². The summed E-state index contributed by atoms with van der Waals surface area (Å²) >= 11 is 0. The van der Waals surface area contributed by atoms with Gasteiger partial charge in [-0.05, 0) is 35.7 Å². The van der Waals surface area contributed by atoms with Crippen LogP contribution in [0.1, 0.15) is 0 Å². The second-order valence-electron chi connectivity index (χ2n) is 5.80. The molecule has 0 amide bonds. The normalized spacial score (nSPS) is 12.4. The van der Waals surface area contributed by atoms with Crippen molar-refractivity contribution in [3.8, 4) is 0 Å². The number of rotatable bonds is 1. The first-order chi connectivity index (χ1) is 11.2. The number of benzene rings is 3. The fraction of sp³-hybridized carbons (Fsp3) is 0.158. The number of aromatic nitrogens is 1. The molecule has 3 aromatic carbocycles. The van der Waals surface area contributed by atoms with E-state index >= 15 is 0 Å². The number of nitrogens with zero attached hydrogens (tertiary/aromatic N) is 3. The van der Waals surface area contributed by atoms with E-state index in [1.807, 2.05) is 38.4 Å². The summed E-state index contributed by atoms with van der Waals surface area (Å²) in [6.45, 7) is 0. The molecule has 0 saturated heterocycles. The summed E-state index contributed by atoms with van der Waals surface area (Å²) in [6.07, 6.45) is 0. The lowest BCUT2D eigenvalue weighted by Crippen LogP contribution is -2.08. The van der Waals surface area contributed by atoms with Crippen molar-refractivity contribution in [1.82, 2.24) is 4.98 Å². The molecule has 114 valence electrons. The molecule has 0 aliphatic rings. The molecule has 0 bridgehead atoms. The summed E-state index contributed by atoms with van der Waals surface area (Å²) in [5.41, 5.74) is 4.40. The Bertz CT molecular complexity index is 1110. The van der Waals surface area contributed by atoms with Gasteiger partial charge in [-0.2, -0.15) is 0 Å². The smallest absolute Gasteiger partial charge is 0.155 e. The average molecular weight is 303 g/mol. The summed E-state index contributed by atoms with van der Waals surface area (Å²) in [7, 11) is 5.82. The van der Waals surface area contributed by atoms with Crippen molar-refractivity contribution in [3.05, 3.63) is 53.9 Å². The third-order valence-electron chi connectivity index (χ3n) is 4.11. The van der Waals surface area contributed by atoms with Crippen LogP contribution in [0.25, 0.3) is 33.0 Å². The lowest BCUT2D eigenvalue weighted by Gasteiger charge is -2.12. The van der Waals surface area contributed by atoms with Crippen molar-refractivity contribution in [1.29, 1.82) is 0 Å². The van der Waals surface area contributed by atoms with Gasteiger partial charge in [0.15, 0.2) is 11.2 Å². The topological polar surface area (TPSA) is 41.6 Å². The molecule has 4 rings (SSSR count). The summed E-state index contributed by atoms with van der Waals surface area (Å²) < 4.78 is 6.10. The molecule has 0 atom stereocenters. The van der Waals surface area contributed by atoms with Crippen LogP contribution < -0.4 is 10.3 Å². The first-order valence-electron chi connectivity index (χ1n) is 7.53. The molecule has 0 aliphatic carbocycles. The number of fused-ring (bicyclic) bond motifs is 4. The Kier molecular flexibility index (Phi) is 3.05. The maximum Gasteiger partial charge on any atom is 0.155 e. The van der Waals surface area contributed by atoms with Crippen molar-refractivity contribution >= 4 is 38.7 Å². The first-order valence-corrected chi connectivity index (χ1v) is 7.53. The van der Waals surface area contributed by atoms with E-state index in [4.69, 9.17) is 9.40 Å². The summed E-state index contributed by atoms with van der Waals surface area (Å²) in [6, 6.07) is 16.2. The van der Waals surface area contributed by atoms with E-state index in [1.54, 1.807) is 7.05 Å². The van der Waals surface area contributed by atoms with E-state index in [1.165, 1.54) is 0 Å². The molecular formula is C19H17N3O. The fourth-order valence-electron chi connectivity index (χ4n) is 2.80. The van der Waals surface area contributed by atoms with Crippen LogP contribution >= 0.6 is 0 Å². The summed E-state index contributed by atoms with van der Waals surface area (Å²) in [5.74, 6) is 0. The van der Waals surface area contributed by atoms with E-state index in [9.17, 15) is 0 Å². The van der Waals surface area contributed by atoms with Crippen LogP contribution in [0.4, 0.5) is 5.69 Å². The quantitative estimate of drug-likeness (QED) is 0.397. The minimum absolute atomic E-state index is 0.786. The van der Waals surface area contributed by atoms with Gasteiger partial charge in [0, 0.05) is 38.3 Å². The second-order valence-corrected chi connectivity index (χ2v) is 5.80. The van der Waals surface area contributed by atoms with E-state index < -0.39 is 0 Å². The molecule has 1 aromatic heterocycles. The van der Waals surface area contributed by atoms with Crippen molar-refractivity contribution in [2.75, 3.05) is 26.0 Å². The van der Waals surface area contributed by atoms with Crippen LogP contribution in [0.2, 0.25) is 0 Å². The van der Waals surface area contributed by atoms with E-state index in [2.05, 4.69) is 34.2 Å². The Morgan fingerprint density at radius 3 is 2.57 bits per heavy atom. The molecule has 0 unspecified atom stereocenters. The highest BCUT2D eigenvalue weighted by atomic mass is 16.3. The molecule has 0 spiro atoms. The van der Waals surface area contributed by atoms with Crippen molar-refractivity contribution < 1.29 is 4.42 Å². The van der Waals surface area contributed by atoms with Gasteiger partial charge in [0.05, 0.1) is 5.36 Å².